The van der Waals surface area contributed by atoms with Crippen LogP contribution in [0.3, 0.4) is 0 Å². The highest BCUT2D eigenvalue weighted by Crippen LogP contribution is 2.49. The summed E-state index contributed by atoms with van der Waals surface area (Å²) in [5.74, 6) is 0.633. The van der Waals surface area contributed by atoms with Crippen LogP contribution in [0.4, 0.5) is 0 Å². The Bertz CT molecular complexity index is 826. The van der Waals surface area contributed by atoms with Gasteiger partial charge in [0.25, 0.3) is 0 Å². The van der Waals surface area contributed by atoms with Crippen molar-refractivity contribution >= 4 is 17.7 Å². The molecular formula is C27H41NO5. The average molecular weight is 460 g/mol. The second-order valence-electron chi connectivity index (χ2n) is 11.4. The van der Waals surface area contributed by atoms with Gasteiger partial charge in [0.1, 0.15) is 11.9 Å². The van der Waals surface area contributed by atoms with Gasteiger partial charge in [0.15, 0.2) is 0 Å². The van der Waals surface area contributed by atoms with E-state index in [-0.39, 0.29) is 54.4 Å². The van der Waals surface area contributed by atoms with Crippen molar-refractivity contribution in [3.63, 3.8) is 0 Å². The van der Waals surface area contributed by atoms with E-state index >= 15 is 0 Å². The van der Waals surface area contributed by atoms with E-state index in [9.17, 15) is 19.5 Å². The van der Waals surface area contributed by atoms with Crippen LogP contribution >= 0.6 is 0 Å². The third kappa shape index (κ3) is 5.95. The number of allylic oxidation sites excluding steroid dienone is 4. The van der Waals surface area contributed by atoms with E-state index in [2.05, 4.69) is 32.1 Å². The number of esters is 1. The molecule has 33 heavy (non-hydrogen) atoms. The van der Waals surface area contributed by atoms with Crippen molar-refractivity contribution in [3.8, 4) is 0 Å². The average Bonchev–Trinajstić information content (AvgIpc) is 2.71. The number of nitrogens with zero attached hydrogens (tertiary/aromatic N) is 1. The van der Waals surface area contributed by atoms with E-state index in [0.717, 1.165) is 12.8 Å². The van der Waals surface area contributed by atoms with Crippen molar-refractivity contribution in [3.05, 3.63) is 23.8 Å². The van der Waals surface area contributed by atoms with E-state index < -0.39 is 11.5 Å². The molecule has 6 heteroatoms. The molecule has 0 saturated carbocycles. The largest absolute Gasteiger partial charge is 0.462 e. The van der Waals surface area contributed by atoms with E-state index in [1.54, 1.807) is 19.0 Å². The van der Waals surface area contributed by atoms with Crippen molar-refractivity contribution in [2.75, 3.05) is 14.1 Å². The van der Waals surface area contributed by atoms with Crippen LogP contribution in [0.1, 0.15) is 66.2 Å². The maximum atomic E-state index is 13.9. The van der Waals surface area contributed by atoms with E-state index in [1.807, 2.05) is 13.8 Å². The minimum Gasteiger partial charge on any atom is -0.462 e. The number of rotatable bonds is 7. The smallest absolute Gasteiger partial charge is 0.308 e. The Morgan fingerprint density at radius 3 is 2.52 bits per heavy atom. The number of ether oxygens (including phenoxy) is 1. The second kappa shape index (κ2) is 10.1. The number of hydrogen-bond acceptors (Lipinski definition) is 5. The lowest BCUT2D eigenvalue weighted by atomic mass is 9.58. The number of amides is 1. The summed E-state index contributed by atoms with van der Waals surface area (Å²) in [5, 5.41) is 9.97. The Morgan fingerprint density at radius 2 is 1.88 bits per heavy atom. The van der Waals surface area contributed by atoms with Crippen LogP contribution in [0.25, 0.3) is 0 Å². The molecule has 2 aliphatic carbocycles. The van der Waals surface area contributed by atoms with Crippen LogP contribution in [-0.4, -0.2) is 54.0 Å². The van der Waals surface area contributed by atoms with Gasteiger partial charge in [0.05, 0.1) is 12.5 Å². The molecule has 1 aliphatic heterocycles. The summed E-state index contributed by atoms with van der Waals surface area (Å²) in [7, 11) is 3.45. The fourth-order valence-corrected chi connectivity index (χ4v) is 5.99. The first kappa shape index (κ1) is 25.7. The Morgan fingerprint density at radius 1 is 1.18 bits per heavy atom. The zero-order valence-corrected chi connectivity index (χ0v) is 21.0. The molecule has 1 saturated heterocycles. The fraction of sp³-hybridized carbons (Fsp3) is 0.741. The lowest BCUT2D eigenvalue weighted by Gasteiger charge is -2.45. The highest BCUT2D eigenvalue weighted by atomic mass is 16.5. The van der Waals surface area contributed by atoms with E-state index in [0.29, 0.717) is 24.7 Å². The van der Waals surface area contributed by atoms with Gasteiger partial charge >= 0.3 is 5.97 Å². The number of aliphatic hydroxyl groups excluding tert-OH is 1. The molecule has 184 valence electrons. The number of Topliss-reactive ketones (excluding diaryl/α,β-unsaturated/α-hetero) is 1. The quantitative estimate of drug-likeness (QED) is 0.583. The van der Waals surface area contributed by atoms with Gasteiger partial charge in [-0.1, -0.05) is 45.9 Å². The molecule has 0 bridgehead atoms. The number of ketones is 1. The summed E-state index contributed by atoms with van der Waals surface area (Å²) >= 11 is 0. The van der Waals surface area contributed by atoms with Gasteiger partial charge in [-0.2, -0.15) is 0 Å². The van der Waals surface area contributed by atoms with Gasteiger partial charge < -0.3 is 14.7 Å². The predicted molar refractivity (Wildman–Crippen MR) is 127 cm³/mol. The summed E-state index contributed by atoms with van der Waals surface area (Å²) in [6.45, 7) is 8.16. The van der Waals surface area contributed by atoms with Gasteiger partial charge in [-0.15, -0.1) is 0 Å². The van der Waals surface area contributed by atoms with Crippen molar-refractivity contribution < 1.29 is 24.2 Å². The molecule has 7 atom stereocenters. The molecule has 6 nitrogen and oxygen atoms in total. The molecule has 0 aromatic carbocycles. The number of hydrogen-bond donors (Lipinski definition) is 1. The Hall–Kier alpha value is -1.95. The molecule has 3 rings (SSSR count). The Kier molecular flexibility index (Phi) is 7.87. The summed E-state index contributed by atoms with van der Waals surface area (Å²) in [4.78, 5) is 39.7. The number of carbonyl (C=O) groups excluding carboxylic acids is 3. The molecule has 0 aromatic heterocycles. The van der Waals surface area contributed by atoms with E-state index in [4.69, 9.17) is 4.74 Å². The second-order valence-corrected chi connectivity index (χ2v) is 11.4. The topological polar surface area (TPSA) is 83.9 Å². The minimum atomic E-state index is -0.730. The number of aliphatic hydroxyl groups is 1. The molecule has 0 aromatic rings. The monoisotopic (exact) mass is 459 g/mol. The first-order valence-electron chi connectivity index (χ1n) is 12.4. The lowest BCUT2D eigenvalue weighted by Crippen LogP contribution is -2.45. The zero-order chi connectivity index (χ0) is 24.5. The Labute approximate surface area is 198 Å². The molecular weight excluding hydrogens is 418 g/mol. The SMILES string of the molecule is C[C@H]1C=C2C=C[C@H](C)[C@H](CC[C@@H]3C[C@@H](O)CC(=O)O3)[C@@H]2[C@@H](C(=O)C(C)(C)CC(=O)N(C)C)C1. The number of cyclic esters (lactones) is 1. The predicted octanol–water partition coefficient (Wildman–Crippen LogP) is 3.93. The molecule has 0 radical (unpaired) electrons. The van der Waals surface area contributed by atoms with Crippen LogP contribution in [0, 0.1) is 35.0 Å². The standard InChI is InChI=1S/C27H41NO5/c1-16-11-18-8-7-17(2)21(10-9-20-13-19(29)14-24(31)33-20)25(18)22(12-16)26(32)27(3,4)15-23(30)28(5)6/h7-8,11,16-17,19-22,25,29H,9-10,12-15H2,1-6H3/t16-,17-,19+,20+,21-,22-,25+/m0/s1. The van der Waals surface area contributed by atoms with E-state index in [1.165, 1.54) is 5.57 Å². The molecule has 1 N–H and O–H groups in total. The van der Waals surface area contributed by atoms with Gasteiger partial charge in [-0.05, 0) is 48.5 Å². The minimum absolute atomic E-state index is 0.0286. The van der Waals surface area contributed by atoms with Crippen LogP contribution in [0.15, 0.2) is 23.8 Å². The number of carbonyl (C=O) groups is 3. The van der Waals surface area contributed by atoms with Crippen molar-refractivity contribution in [2.24, 2.45) is 35.0 Å². The van der Waals surface area contributed by atoms with Crippen LogP contribution in [-0.2, 0) is 19.1 Å². The highest BCUT2D eigenvalue weighted by Gasteiger charge is 2.46. The van der Waals surface area contributed by atoms with Gasteiger partial charge in [-0.25, -0.2) is 0 Å². The third-order valence-electron chi connectivity index (χ3n) is 7.80. The van der Waals surface area contributed by atoms with Gasteiger partial charge in [-0.3, -0.25) is 14.4 Å². The molecule has 0 spiro atoms. The maximum Gasteiger partial charge on any atom is 0.308 e. The van der Waals surface area contributed by atoms with Crippen LogP contribution in [0.2, 0.25) is 0 Å². The van der Waals surface area contributed by atoms with Crippen molar-refractivity contribution in [2.45, 2.75) is 78.4 Å². The van der Waals surface area contributed by atoms with Crippen LogP contribution < -0.4 is 0 Å². The first-order chi connectivity index (χ1) is 15.4. The van der Waals surface area contributed by atoms with Crippen molar-refractivity contribution in [1.82, 2.24) is 4.90 Å². The molecule has 0 unspecified atom stereocenters. The number of fused-ring (bicyclic) bond motifs is 1. The first-order valence-corrected chi connectivity index (χ1v) is 12.4. The maximum absolute atomic E-state index is 13.9. The summed E-state index contributed by atoms with van der Waals surface area (Å²) in [6.07, 6.45) is 8.89. The Balaban J connectivity index is 1.82. The fourth-order valence-electron chi connectivity index (χ4n) is 5.99. The van der Waals surface area contributed by atoms with Gasteiger partial charge in [0, 0.05) is 38.3 Å². The lowest BCUT2D eigenvalue weighted by molar-refractivity contribution is -0.160. The summed E-state index contributed by atoms with van der Waals surface area (Å²) in [5.41, 5.74) is 0.497. The molecule has 3 aliphatic rings. The zero-order valence-electron chi connectivity index (χ0n) is 21.0. The summed E-state index contributed by atoms with van der Waals surface area (Å²) in [6, 6.07) is 0. The third-order valence-corrected chi connectivity index (χ3v) is 7.80. The van der Waals surface area contributed by atoms with Gasteiger partial charge in [0.2, 0.25) is 5.91 Å². The molecule has 1 fully saturated rings. The van der Waals surface area contributed by atoms with Crippen LogP contribution in [0.5, 0.6) is 0 Å². The molecule has 1 amide bonds. The summed E-state index contributed by atoms with van der Waals surface area (Å²) < 4.78 is 5.49. The normalized spacial score (nSPS) is 34.2. The van der Waals surface area contributed by atoms with Crippen molar-refractivity contribution in [1.29, 1.82) is 0 Å². The molecule has 1 heterocycles. The highest BCUT2D eigenvalue weighted by molar-refractivity contribution is 5.91.